The Morgan fingerprint density at radius 1 is 1.45 bits per heavy atom. The molecule has 0 aromatic carbocycles. The molecule has 1 saturated carbocycles. The van der Waals surface area contributed by atoms with Gasteiger partial charge in [-0.1, -0.05) is 27.2 Å². The number of anilines is 1. The molecular weight excluding hydrogens is 250 g/mol. The average molecular weight is 275 g/mol. The fourth-order valence-electron chi connectivity index (χ4n) is 2.46. The Hall–Kier alpha value is -1.58. The van der Waals surface area contributed by atoms with E-state index in [9.17, 15) is 4.79 Å². The molecule has 1 aromatic rings. The number of aryl methyl sites for hydroxylation is 1. The predicted octanol–water partition coefficient (Wildman–Crippen LogP) is 2.88. The summed E-state index contributed by atoms with van der Waals surface area (Å²) in [6.45, 7) is 7.20. The Bertz CT molecular complexity index is 481. The number of carbonyl (C=O) groups excluding carboxylic acids is 1. The summed E-state index contributed by atoms with van der Waals surface area (Å²) >= 11 is 0. The van der Waals surface area contributed by atoms with Crippen molar-refractivity contribution in [2.24, 2.45) is 5.92 Å². The van der Waals surface area contributed by atoms with Crippen LogP contribution in [0.2, 0.25) is 0 Å². The fourth-order valence-corrected chi connectivity index (χ4v) is 2.46. The van der Waals surface area contributed by atoms with Gasteiger partial charge >= 0.3 is 0 Å². The third-order valence-corrected chi connectivity index (χ3v) is 3.46. The third-order valence-electron chi connectivity index (χ3n) is 3.46. The summed E-state index contributed by atoms with van der Waals surface area (Å²) in [6.07, 6.45) is 4.11. The first-order valence-electron chi connectivity index (χ1n) is 7.58. The molecule has 0 saturated heterocycles. The fraction of sp³-hybridized carbons (Fsp3) is 0.625. The zero-order chi connectivity index (χ0) is 14.7. The van der Waals surface area contributed by atoms with E-state index < -0.39 is 0 Å². The second-order valence-corrected chi connectivity index (χ2v) is 6.10. The zero-order valence-corrected chi connectivity index (χ0v) is 12.7. The molecule has 0 radical (unpaired) electrons. The van der Waals surface area contributed by atoms with Gasteiger partial charge in [-0.3, -0.25) is 4.79 Å². The second kappa shape index (κ2) is 6.25. The van der Waals surface area contributed by atoms with Crippen LogP contribution in [0.5, 0.6) is 0 Å². The zero-order valence-electron chi connectivity index (χ0n) is 12.7. The van der Waals surface area contributed by atoms with Crippen LogP contribution in [0.4, 0.5) is 5.82 Å². The van der Waals surface area contributed by atoms with Crippen molar-refractivity contribution in [1.29, 1.82) is 0 Å². The van der Waals surface area contributed by atoms with Crippen molar-refractivity contribution in [1.82, 2.24) is 9.88 Å². The lowest BCUT2D eigenvalue weighted by Crippen LogP contribution is -2.36. The van der Waals surface area contributed by atoms with Crippen LogP contribution in [0.3, 0.4) is 0 Å². The van der Waals surface area contributed by atoms with Crippen LogP contribution in [0.1, 0.15) is 56.1 Å². The molecule has 110 valence electrons. The highest BCUT2D eigenvalue weighted by molar-refractivity contribution is 5.95. The molecule has 0 bridgehead atoms. The Balaban J connectivity index is 2.21. The Labute approximate surface area is 121 Å². The van der Waals surface area contributed by atoms with Gasteiger partial charge in [-0.05, 0) is 37.3 Å². The molecule has 1 fully saturated rings. The number of pyridine rings is 1. The van der Waals surface area contributed by atoms with Gasteiger partial charge in [-0.15, -0.1) is 0 Å². The van der Waals surface area contributed by atoms with E-state index in [0.29, 0.717) is 23.3 Å². The maximum absolute atomic E-state index is 12.7. The minimum Gasteiger partial charge on any atom is -0.384 e. The van der Waals surface area contributed by atoms with Crippen molar-refractivity contribution < 1.29 is 4.79 Å². The number of hydrogen-bond acceptors (Lipinski definition) is 3. The van der Waals surface area contributed by atoms with Crippen molar-refractivity contribution in [2.45, 2.75) is 52.5 Å². The highest BCUT2D eigenvalue weighted by Gasteiger charge is 2.33. The second-order valence-electron chi connectivity index (χ2n) is 6.10. The van der Waals surface area contributed by atoms with Gasteiger partial charge in [0.1, 0.15) is 5.82 Å². The Morgan fingerprint density at radius 2 is 2.15 bits per heavy atom. The van der Waals surface area contributed by atoms with E-state index in [2.05, 4.69) is 25.8 Å². The van der Waals surface area contributed by atoms with Gasteiger partial charge < -0.3 is 10.6 Å². The summed E-state index contributed by atoms with van der Waals surface area (Å²) in [5, 5.41) is 0. The molecule has 2 N–H and O–H groups in total. The van der Waals surface area contributed by atoms with Gasteiger partial charge in [0.2, 0.25) is 0 Å². The lowest BCUT2D eigenvalue weighted by Gasteiger charge is -2.24. The van der Waals surface area contributed by atoms with Crippen LogP contribution in [-0.2, 0) is 6.42 Å². The monoisotopic (exact) mass is 275 g/mol. The number of hydrogen-bond donors (Lipinski definition) is 1. The minimum atomic E-state index is 0.104. The van der Waals surface area contributed by atoms with Gasteiger partial charge in [0, 0.05) is 23.8 Å². The highest BCUT2D eigenvalue weighted by atomic mass is 16.2. The molecule has 1 heterocycles. The maximum Gasteiger partial charge on any atom is 0.254 e. The standard InChI is InChI=1S/C16H25N3O/c1-4-5-13-8-12(9-15(17)18-13)16(20)19(10-11(2)3)14-6-7-14/h8-9,11,14H,4-7,10H2,1-3H3,(H2,17,18). The van der Waals surface area contributed by atoms with E-state index in [1.54, 1.807) is 6.07 Å². The van der Waals surface area contributed by atoms with Gasteiger partial charge in [0.15, 0.2) is 0 Å². The SMILES string of the molecule is CCCc1cc(C(=O)N(CC(C)C)C2CC2)cc(N)n1. The van der Waals surface area contributed by atoms with Crippen LogP contribution < -0.4 is 5.73 Å². The first kappa shape index (κ1) is 14.8. The van der Waals surface area contributed by atoms with Crippen LogP contribution in [-0.4, -0.2) is 28.4 Å². The van der Waals surface area contributed by atoms with E-state index in [-0.39, 0.29) is 5.91 Å². The van der Waals surface area contributed by atoms with Crippen molar-refractivity contribution in [3.8, 4) is 0 Å². The summed E-state index contributed by atoms with van der Waals surface area (Å²) in [7, 11) is 0. The molecule has 1 aliphatic carbocycles. The van der Waals surface area contributed by atoms with E-state index in [1.807, 2.05) is 11.0 Å². The molecule has 0 unspecified atom stereocenters. The van der Waals surface area contributed by atoms with Crippen molar-refractivity contribution in [3.05, 3.63) is 23.4 Å². The summed E-state index contributed by atoms with van der Waals surface area (Å²) in [5.74, 6) is 1.03. The molecule has 1 amide bonds. The average Bonchev–Trinajstić information content (AvgIpc) is 3.19. The lowest BCUT2D eigenvalue weighted by atomic mass is 10.1. The number of aromatic nitrogens is 1. The molecule has 4 nitrogen and oxygen atoms in total. The molecule has 0 atom stereocenters. The van der Waals surface area contributed by atoms with Crippen molar-refractivity contribution in [2.75, 3.05) is 12.3 Å². The number of amides is 1. The molecule has 20 heavy (non-hydrogen) atoms. The number of nitrogens with two attached hydrogens (primary N) is 1. The summed E-state index contributed by atoms with van der Waals surface area (Å²) < 4.78 is 0. The normalized spacial score (nSPS) is 14.6. The molecule has 0 aliphatic heterocycles. The van der Waals surface area contributed by atoms with Crippen LogP contribution in [0.25, 0.3) is 0 Å². The van der Waals surface area contributed by atoms with Crippen LogP contribution in [0.15, 0.2) is 12.1 Å². The number of nitrogens with zero attached hydrogens (tertiary/aromatic N) is 2. The van der Waals surface area contributed by atoms with Crippen molar-refractivity contribution in [3.63, 3.8) is 0 Å². The Morgan fingerprint density at radius 3 is 2.70 bits per heavy atom. The van der Waals surface area contributed by atoms with Crippen molar-refractivity contribution >= 4 is 11.7 Å². The van der Waals surface area contributed by atoms with E-state index >= 15 is 0 Å². The van der Waals surface area contributed by atoms with Crippen LogP contribution >= 0.6 is 0 Å². The number of rotatable bonds is 6. The number of nitrogen functional groups attached to an aromatic ring is 1. The molecule has 1 aromatic heterocycles. The van der Waals surface area contributed by atoms with Gasteiger partial charge in [0.25, 0.3) is 5.91 Å². The molecule has 0 spiro atoms. The predicted molar refractivity (Wildman–Crippen MR) is 81.5 cm³/mol. The summed E-state index contributed by atoms with van der Waals surface area (Å²) in [6, 6.07) is 4.03. The Kier molecular flexibility index (Phi) is 4.63. The molecular formula is C16H25N3O. The smallest absolute Gasteiger partial charge is 0.254 e. The maximum atomic E-state index is 12.7. The van der Waals surface area contributed by atoms with Gasteiger partial charge in [0.05, 0.1) is 0 Å². The number of carbonyl (C=O) groups is 1. The summed E-state index contributed by atoms with van der Waals surface area (Å²) in [4.78, 5) is 19.0. The quantitative estimate of drug-likeness (QED) is 0.868. The first-order chi connectivity index (χ1) is 9.51. The molecule has 4 heteroatoms. The highest BCUT2D eigenvalue weighted by Crippen LogP contribution is 2.29. The van der Waals surface area contributed by atoms with E-state index in [4.69, 9.17) is 5.73 Å². The molecule has 2 rings (SSSR count). The van der Waals surface area contributed by atoms with Gasteiger partial charge in [-0.25, -0.2) is 4.98 Å². The van der Waals surface area contributed by atoms with E-state index in [1.165, 1.54) is 0 Å². The first-order valence-corrected chi connectivity index (χ1v) is 7.58. The topological polar surface area (TPSA) is 59.2 Å². The minimum absolute atomic E-state index is 0.104. The van der Waals surface area contributed by atoms with Gasteiger partial charge in [-0.2, -0.15) is 0 Å². The van der Waals surface area contributed by atoms with Crippen LogP contribution in [0, 0.1) is 5.92 Å². The van der Waals surface area contributed by atoms with E-state index in [0.717, 1.165) is 37.9 Å². The third kappa shape index (κ3) is 3.71. The largest absolute Gasteiger partial charge is 0.384 e. The summed E-state index contributed by atoms with van der Waals surface area (Å²) in [5.41, 5.74) is 7.44. The molecule has 1 aliphatic rings. The lowest BCUT2D eigenvalue weighted by molar-refractivity contribution is 0.0722.